The fourth-order valence-corrected chi connectivity index (χ4v) is 3.17. The van der Waals surface area contributed by atoms with Gasteiger partial charge in [-0.05, 0) is 29.8 Å². The van der Waals surface area contributed by atoms with Crippen LogP contribution < -0.4 is 4.72 Å². The van der Waals surface area contributed by atoms with Crippen molar-refractivity contribution in [2.24, 2.45) is 0 Å². The predicted octanol–water partition coefficient (Wildman–Crippen LogP) is 3.43. The molecule has 112 valence electrons. The third-order valence-electron chi connectivity index (χ3n) is 2.70. The van der Waals surface area contributed by atoms with Crippen molar-refractivity contribution in [2.45, 2.75) is 11.5 Å². The van der Waals surface area contributed by atoms with Crippen LogP contribution in [0.2, 0.25) is 5.02 Å². The van der Waals surface area contributed by atoms with Crippen molar-refractivity contribution in [3.63, 3.8) is 0 Å². The monoisotopic (exact) mass is 329 g/mol. The van der Waals surface area contributed by atoms with Gasteiger partial charge in [0.25, 0.3) is 10.0 Å². The number of halogens is 2. The van der Waals surface area contributed by atoms with E-state index in [1.807, 2.05) is 0 Å². The summed E-state index contributed by atoms with van der Waals surface area (Å²) in [5.74, 6) is -0.972. The minimum absolute atomic E-state index is 0.244. The highest BCUT2D eigenvalue weighted by atomic mass is 35.5. The van der Waals surface area contributed by atoms with Crippen LogP contribution >= 0.6 is 11.6 Å². The first kappa shape index (κ1) is 15.8. The number of hydrogen-bond donors (Lipinski definition) is 1. The van der Waals surface area contributed by atoms with Gasteiger partial charge in [0.1, 0.15) is 4.90 Å². The summed E-state index contributed by atoms with van der Waals surface area (Å²) < 4.78 is 45.5. The summed E-state index contributed by atoms with van der Waals surface area (Å²) in [7, 11) is -2.51. The van der Waals surface area contributed by atoms with E-state index in [2.05, 4.69) is 4.72 Å². The molecule has 0 fully saturated rings. The highest BCUT2D eigenvalue weighted by molar-refractivity contribution is 7.92. The Balaban J connectivity index is 2.33. The van der Waals surface area contributed by atoms with Gasteiger partial charge in [0.2, 0.25) is 0 Å². The Morgan fingerprint density at radius 2 is 1.95 bits per heavy atom. The maximum absolute atomic E-state index is 13.8. The van der Waals surface area contributed by atoms with Crippen LogP contribution in [0.1, 0.15) is 5.56 Å². The lowest BCUT2D eigenvalue weighted by Crippen LogP contribution is -2.14. The smallest absolute Gasteiger partial charge is 0.264 e. The highest BCUT2D eigenvalue weighted by Gasteiger charge is 2.20. The molecule has 4 nitrogen and oxygen atoms in total. The lowest BCUT2D eigenvalue weighted by molar-refractivity contribution is 0.185. The van der Waals surface area contributed by atoms with Crippen molar-refractivity contribution in [3.05, 3.63) is 58.9 Å². The molecule has 0 aliphatic heterocycles. The zero-order chi connectivity index (χ0) is 15.5. The van der Waals surface area contributed by atoms with Crippen LogP contribution in [-0.4, -0.2) is 15.5 Å². The Bertz CT molecular complexity index is 750. The number of ether oxygens (including phenoxy) is 1. The van der Waals surface area contributed by atoms with Gasteiger partial charge in [0.15, 0.2) is 5.82 Å². The van der Waals surface area contributed by atoms with Crippen molar-refractivity contribution in [3.8, 4) is 0 Å². The average Bonchev–Trinajstić information content (AvgIpc) is 2.42. The Labute approximate surface area is 127 Å². The summed E-state index contributed by atoms with van der Waals surface area (Å²) >= 11 is 5.61. The van der Waals surface area contributed by atoms with E-state index in [0.29, 0.717) is 12.3 Å². The molecule has 0 heterocycles. The Morgan fingerprint density at radius 1 is 1.24 bits per heavy atom. The molecule has 0 saturated carbocycles. The van der Waals surface area contributed by atoms with Crippen LogP contribution in [0.15, 0.2) is 47.4 Å². The van der Waals surface area contributed by atoms with E-state index in [-0.39, 0.29) is 5.02 Å². The zero-order valence-electron chi connectivity index (χ0n) is 11.1. The number of hydrogen-bond acceptors (Lipinski definition) is 3. The molecule has 0 saturated heterocycles. The summed E-state index contributed by atoms with van der Waals surface area (Å²) in [5, 5.41) is -0.244. The Kier molecular flexibility index (Phi) is 4.82. The first-order chi connectivity index (χ1) is 9.94. The van der Waals surface area contributed by atoms with E-state index in [0.717, 1.165) is 11.6 Å². The molecule has 0 spiro atoms. The normalized spacial score (nSPS) is 11.4. The number of sulfonamides is 1. The van der Waals surface area contributed by atoms with Crippen molar-refractivity contribution in [1.82, 2.24) is 0 Å². The molecular formula is C14H13ClFNO3S. The lowest BCUT2D eigenvalue weighted by atomic mass is 10.2. The van der Waals surface area contributed by atoms with Crippen LogP contribution in [-0.2, 0) is 21.4 Å². The van der Waals surface area contributed by atoms with Gasteiger partial charge < -0.3 is 4.74 Å². The second-order valence-corrected chi connectivity index (χ2v) is 6.35. The molecule has 2 aromatic carbocycles. The van der Waals surface area contributed by atoms with Gasteiger partial charge in [-0.25, -0.2) is 12.8 Å². The summed E-state index contributed by atoms with van der Waals surface area (Å²) in [4.78, 5) is -0.493. The van der Waals surface area contributed by atoms with Crippen LogP contribution in [0, 0.1) is 5.82 Å². The first-order valence-electron chi connectivity index (χ1n) is 5.99. The second kappa shape index (κ2) is 6.43. The van der Waals surface area contributed by atoms with E-state index in [1.165, 1.54) is 19.2 Å². The van der Waals surface area contributed by atoms with Gasteiger partial charge in [-0.2, -0.15) is 0 Å². The Morgan fingerprint density at radius 3 is 2.67 bits per heavy atom. The van der Waals surface area contributed by atoms with Gasteiger partial charge >= 0.3 is 0 Å². The maximum atomic E-state index is 13.8. The van der Waals surface area contributed by atoms with Gasteiger partial charge in [0.05, 0.1) is 11.6 Å². The molecular weight excluding hydrogens is 317 g/mol. The van der Waals surface area contributed by atoms with Crippen LogP contribution in [0.25, 0.3) is 0 Å². The van der Waals surface area contributed by atoms with Crippen LogP contribution in [0.4, 0.5) is 10.1 Å². The number of nitrogens with one attached hydrogen (secondary N) is 1. The summed E-state index contributed by atoms with van der Waals surface area (Å²) in [5.41, 5.74) is 1.12. The van der Waals surface area contributed by atoms with Gasteiger partial charge in [0, 0.05) is 12.8 Å². The SMILES string of the molecule is COCc1cccc(NS(=O)(=O)c2cccc(Cl)c2F)c1. The topological polar surface area (TPSA) is 55.4 Å². The van der Waals surface area contributed by atoms with E-state index < -0.39 is 20.7 Å². The van der Waals surface area contributed by atoms with Crippen molar-refractivity contribution in [2.75, 3.05) is 11.8 Å². The van der Waals surface area contributed by atoms with Gasteiger partial charge in [-0.15, -0.1) is 0 Å². The molecule has 2 rings (SSSR count). The molecule has 0 aliphatic rings. The molecule has 0 atom stereocenters. The van der Waals surface area contributed by atoms with Crippen LogP contribution in [0.5, 0.6) is 0 Å². The van der Waals surface area contributed by atoms with Crippen molar-refractivity contribution < 1.29 is 17.5 Å². The molecule has 0 radical (unpaired) electrons. The molecule has 0 aromatic heterocycles. The first-order valence-corrected chi connectivity index (χ1v) is 7.85. The summed E-state index contributed by atoms with van der Waals surface area (Å²) in [6.45, 7) is 0.348. The van der Waals surface area contributed by atoms with E-state index in [9.17, 15) is 12.8 Å². The minimum Gasteiger partial charge on any atom is -0.380 e. The number of anilines is 1. The van der Waals surface area contributed by atoms with E-state index >= 15 is 0 Å². The highest BCUT2D eigenvalue weighted by Crippen LogP contribution is 2.24. The maximum Gasteiger partial charge on any atom is 0.264 e. The standard InChI is InChI=1S/C14H13ClFNO3S/c1-20-9-10-4-2-5-11(8-10)17-21(18,19)13-7-3-6-12(15)14(13)16/h2-8,17H,9H2,1H3. The molecule has 2 aromatic rings. The third-order valence-corrected chi connectivity index (χ3v) is 4.39. The number of rotatable bonds is 5. The van der Waals surface area contributed by atoms with E-state index in [1.54, 1.807) is 24.3 Å². The van der Waals surface area contributed by atoms with Crippen molar-refractivity contribution >= 4 is 27.3 Å². The predicted molar refractivity (Wildman–Crippen MR) is 79.4 cm³/mol. The molecule has 0 bridgehead atoms. The summed E-state index contributed by atoms with van der Waals surface area (Å²) in [6, 6.07) is 10.5. The van der Waals surface area contributed by atoms with Crippen LogP contribution in [0.3, 0.4) is 0 Å². The lowest BCUT2D eigenvalue weighted by Gasteiger charge is -2.10. The molecule has 1 N–H and O–H groups in total. The van der Waals surface area contributed by atoms with Gasteiger partial charge in [-0.1, -0.05) is 29.8 Å². The summed E-state index contributed by atoms with van der Waals surface area (Å²) in [6.07, 6.45) is 0. The molecule has 7 heteroatoms. The quantitative estimate of drug-likeness (QED) is 0.914. The molecule has 0 aliphatic carbocycles. The fraction of sp³-hybridized carbons (Fsp3) is 0.143. The Hall–Kier alpha value is -1.63. The largest absolute Gasteiger partial charge is 0.380 e. The average molecular weight is 330 g/mol. The minimum atomic E-state index is -4.05. The fourth-order valence-electron chi connectivity index (χ4n) is 1.79. The number of methoxy groups -OCH3 is 1. The molecule has 21 heavy (non-hydrogen) atoms. The zero-order valence-corrected chi connectivity index (χ0v) is 12.7. The third kappa shape index (κ3) is 3.72. The molecule has 0 unspecified atom stereocenters. The number of benzene rings is 2. The second-order valence-electron chi connectivity index (χ2n) is 4.29. The van der Waals surface area contributed by atoms with E-state index in [4.69, 9.17) is 16.3 Å². The molecule has 0 amide bonds. The van der Waals surface area contributed by atoms with Crippen molar-refractivity contribution in [1.29, 1.82) is 0 Å². The van der Waals surface area contributed by atoms with Gasteiger partial charge in [-0.3, -0.25) is 4.72 Å².